The second-order valence-corrected chi connectivity index (χ2v) is 5.58. The molecule has 0 saturated heterocycles. The molecule has 1 aliphatic heterocycles. The molecule has 1 aromatic carbocycles. The molecule has 2 aromatic rings. The van der Waals surface area contributed by atoms with Crippen LogP contribution in [0.2, 0.25) is 5.02 Å². The van der Waals surface area contributed by atoms with Gasteiger partial charge in [0.1, 0.15) is 0 Å². The second kappa shape index (κ2) is 6.18. The normalized spacial score (nSPS) is 14.4. The van der Waals surface area contributed by atoms with Gasteiger partial charge in [-0.05, 0) is 24.1 Å². The molecule has 1 N–H and O–H groups in total. The topological polar surface area (TPSA) is 50.2 Å². The van der Waals surface area contributed by atoms with E-state index in [9.17, 15) is 4.79 Å². The summed E-state index contributed by atoms with van der Waals surface area (Å²) in [5, 5.41) is 3.65. The summed E-state index contributed by atoms with van der Waals surface area (Å²) in [6.07, 6.45) is 4.59. The quantitative estimate of drug-likeness (QED) is 0.927. The van der Waals surface area contributed by atoms with E-state index in [1.807, 2.05) is 41.7 Å². The Morgan fingerprint density at radius 1 is 1.29 bits per heavy atom. The number of halogens is 1. The van der Waals surface area contributed by atoms with Crippen molar-refractivity contribution < 1.29 is 4.79 Å². The number of hydrogen-bond acceptors (Lipinski definition) is 2. The van der Waals surface area contributed by atoms with Crippen LogP contribution in [-0.4, -0.2) is 27.0 Å². The molecule has 0 atom stereocenters. The molecule has 2 amide bonds. The minimum Gasteiger partial charge on any atom is -0.334 e. The molecule has 0 fully saturated rings. The summed E-state index contributed by atoms with van der Waals surface area (Å²) in [7, 11) is 0. The Labute approximate surface area is 128 Å². The van der Waals surface area contributed by atoms with Crippen LogP contribution in [0.5, 0.6) is 0 Å². The molecule has 110 valence electrons. The summed E-state index contributed by atoms with van der Waals surface area (Å²) < 4.78 is 2.10. The Bertz CT molecular complexity index is 623. The van der Waals surface area contributed by atoms with Crippen LogP contribution in [0.25, 0.3) is 0 Å². The van der Waals surface area contributed by atoms with Crippen LogP contribution in [0.3, 0.4) is 0 Å². The van der Waals surface area contributed by atoms with Crippen LogP contribution < -0.4 is 5.32 Å². The third-order valence-corrected chi connectivity index (χ3v) is 3.87. The van der Waals surface area contributed by atoms with Gasteiger partial charge in [-0.25, -0.2) is 9.78 Å². The average Bonchev–Trinajstić information content (AvgIpc) is 2.83. The minimum atomic E-state index is -0.0420. The van der Waals surface area contributed by atoms with E-state index in [4.69, 9.17) is 11.6 Å². The molecular formula is C15H17ClN4O. The molecule has 0 bridgehead atoms. The predicted octanol–water partition coefficient (Wildman–Crippen LogP) is 2.65. The molecule has 6 heteroatoms. The lowest BCUT2D eigenvalue weighted by Gasteiger charge is -2.20. The number of imidazole rings is 1. The third-order valence-electron chi connectivity index (χ3n) is 3.62. The first-order valence-corrected chi connectivity index (χ1v) is 7.36. The van der Waals surface area contributed by atoms with Crippen molar-refractivity contribution in [2.75, 3.05) is 6.54 Å². The molecule has 0 unspecified atom stereocenters. The maximum atomic E-state index is 12.3. The zero-order chi connectivity index (χ0) is 14.7. The highest BCUT2D eigenvalue weighted by Gasteiger charge is 2.18. The van der Waals surface area contributed by atoms with Crippen LogP contribution in [0, 0.1) is 0 Å². The SMILES string of the molecule is O=C(NCc1ccc(Cl)cc1)N1CCCn2cncc2C1. The number of fused-ring (bicyclic) bond motifs is 1. The van der Waals surface area contributed by atoms with Gasteiger partial charge >= 0.3 is 6.03 Å². The van der Waals surface area contributed by atoms with Gasteiger partial charge in [-0.1, -0.05) is 23.7 Å². The summed E-state index contributed by atoms with van der Waals surface area (Å²) in [5.74, 6) is 0. The fraction of sp³-hybridized carbons (Fsp3) is 0.333. The summed E-state index contributed by atoms with van der Waals surface area (Å²) >= 11 is 5.85. The summed E-state index contributed by atoms with van der Waals surface area (Å²) in [6.45, 7) is 2.78. The molecule has 1 aliphatic rings. The van der Waals surface area contributed by atoms with Gasteiger partial charge in [0, 0.05) is 30.9 Å². The maximum absolute atomic E-state index is 12.3. The van der Waals surface area contributed by atoms with Crippen LogP contribution in [0.1, 0.15) is 17.7 Å². The zero-order valence-electron chi connectivity index (χ0n) is 11.6. The largest absolute Gasteiger partial charge is 0.334 e. The lowest BCUT2D eigenvalue weighted by Crippen LogP contribution is -2.39. The Morgan fingerprint density at radius 3 is 2.90 bits per heavy atom. The number of amides is 2. The molecule has 0 saturated carbocycles. The minimum absolute atomic E-state index is 0.0420. The van der Waals surface area contributed by atoms with E-state index in [-0.39, 0.29) is 6.03 Å². The number of hydrogen-bond donors (Lipinski definition) is 1. The van der Waals surface area contributed by atoms with E-state index in [0.717, 1.165) is 30.8 Å². The fourth-order valence-corrected chi connectivity index (χ4v) is 2.58. The average molecular weight is 305 g/mol. The number of nitrogens with zero attached hydrogens (tertiary/aromatic N) is 3. The molecule has 1 aromatic heterocycles. The van der Waals surface area contributed by atoms with Gasteiger partial charge < -0.3 is 14.8 Å². The molecule has 0 spiro atoms. The van der Waals surface area contributed by atoms with Crippen molar-refractivity contribution in [2.45, 2.75) is 26.1 Å². The van der Waals surface area contributed by atoms with Crippen molar-refractivity contribution in [3.05, 3.63) is 53.1 Å². The van der Waals surface area contributed by atoms with Crippen molar-refractivity contribution >= 4 is 17.6 Å². The molecule has 2 heterocycles. The van der Waals surface area contributed by atoms with Gasteiger partial charge in [0.05, 0.1) is 18.6 Å². The lowest BCUT2D eigenvalue weighted by molar-refractivity contribution is 0.195. The highest BCUT2D eigenvalue weighted by molar-refractivity contribution is 6.30. The van der Waals surface area contributed by atoms with Gasteiger partial charge in [0.25, 0.3) is 0 Å². The van der Waals surface area contributed by atoms with Crippen LogP contribution >= 0.6 is 11.6 Å². The number of carbonyl (C=O) groups is 1. The summed E-state index contributed by atoms with van der Waals surface area (Å²) in [4.78, 5) is 18.2. The highest BCUT2D eigenvalue weighted by Crippen LogP contribution is 2.12. The first-order valence-electron chi connectivity index (χ1n) is 6.98. The van der Waals surface area contributed by atoms with Gasteiger partial charge in [-0.15, -0.1) is 0 Å². The first-order chi connectivity index (χ1) is 10.2. The number of rotatable bonds is 2. The lowest BCUT2D eigenvalue weighted by atomic mass is 10.2. The molecule has 0 radical (unpaired) electrons. The van der Waals surface area contributed by atoms with Crippen molar-refractivity contribution in [3.63, 3.8) is 0 Å². The van der Waals surface area contributed by atoms with Crippen LogP contribution in [0.4, 0.5) is 4.79 Å². The van der Waals surface area contributed by atoms with E-state index >= 15 is 0 Å². The zero-order valence-corrected chi connectivity index (χ0v) is 12.4. The van der Waals surface area contributed by atoms with Gasteiger partial charge in [-0.2, -0.15) is 0 Å². The molecule has 3 rings (SSSR count). The molecular weight excluding hydrogens is 288 g/mol. The molecule has 0 aliphatic carbocycles. The highest BCUT2D eigenvalue weighted by atomic mass is 35.5. The standard InChI is InChI=1S/C15H17ClN4O/c16-13-4-2-12(3-5-13)8-18-15(21)19-6-1-7-20-11-17-9-14(20)10-19/h2-5,9,11H,1,6-8,10H2,(H,18,21). The van der Waals surface area contributed by atoms with Crippen molar-refractivity contribution in [2.24, 2.45) is 0 Å². The maximum Gasteiger partial charge on any atom is 0.318 e. The Balaban J connectivity index is 1.59. The van der Waals surface area contributed by atoms with Gasteiger partial charge in [0.15, 0.2) is 0 Å². The fourth-order valence-electron chi connectivity index (χ4n) is 2.45. The Morgan fingerprint density at radius 2 is 2.10 bits per heavy atom. The van der Waals surface area contributed by atoms with Crippen molar-refractivity contribution in [1.29, 1.82) is 0 Å². The summed E-state index contributed by atoms with van der Waals surface area (Å²) in [6, 6.07) is 7.45. The second-order valence-electron chi connectivity index (χ2n) is 5.14. The summed E-state index contributed by atoms with van der Waals surface area (Å²) in [5.41, 5.74) is 2.11. The van der Waals surface area contributed by atoms with Gasteiger partial charge in [-0.3, -0.25) is 0 Å². The van der Waals surface area contributed by atoms with Crippen molar-refractivity contribution in [3.8, 4) is 0 Å². The van der Waals surface area contributed by atoms with E-state index < -0.39 is 0 Å². The number of aromatic nitrogens is 2. The Hall–Kier alpha value is -2.01. The first kappa shape index (κ1) is 13.9. The number of nitrogens with one attached hydrogen (secondary N) is 1. The van der Waals surface area contributed by atoms with E-state index in [1.54, 1.807) is 0 Å². The number of urea groups is 1. The Kier molecular flexibility index (Phi) is 4.10. The van der Waals surface area contributed by atoms with Crippen molar-refractivity contribution in [1.82, 2.24) is 19.8 Å². The van der Waals surface area contributed by atoms with E-state index in [2.05, 4.69) is 14.9 Å². The van der Waals surface area contributed by atoms with E-state index in [0.29, 0.717) is 18.1 Å². The number of benzene rings is 1. The monoisotopic (exact) mass is 304 g/mol. The third kappa shape index (κ3) is 3.36. The number of carbonyl (C=O) groups excluding carboxylic acids is 1. The van der Waals surface area contributed by atoms with E-state index in [1.165, 1.54) is 0 Å². The molecule has 21 heavy (non-hydrogen) atoms. The predicted molar refractivity (Wildman–Crippen MR) is 80.9 cm³/mol. The number of aryl methyl sites for hydroxylation is 1. The smallest absolute Gasteiger partial charge is 0.318 e. The van der Waals surface area contributed by atoms with Gasteiger partial charge in [0.2, 0.25) is 0 Å². The van der Waals surface area contributed by atoms with Crippen LogP contribution in [0.15, 0.2) is 36.8 Å². The van der Waals surface area contributed by atoms with Crippen LogP contribution in [-0.2, 0) is 19.6 Å². The molecule has 5 nitrogen and oxygen atoms in total.